The third-order valence-corrected chi connectivity index (χ3v) is 40.9. The van der Waals surface area contributed by atoms with Crippen molar-refractivity contribution in [1.82, 2.24) is 0 Å². The molecule has 0 aromatic heterocycles. The molecule has 1 aliphatic heterocycles. The van der Waals surface area contributed by atoms with Crippen molar-refractivity contribution in [2.45, 2.75) is 144 Å². The van der Waals surface area contributed by atoms with E-state index in [-0.39, 0.29) is 12.3 Å². The van der Waals surface area contributed by atoms with Crippen molar-refractivity contribution in [2.75, 3.05) is 52.8 Å². The molecule has 20 nitrogen and oxygen atoms in total. The van der Waals surface area contributed by atoms with Crippen LogP contribution in [0.1, 0.15) is 0 Å². The number of ether oxygens (including phenoxy) is 1. The van der Waals surface area contributed by atoms with E-state index in [9.17, 15) is 31.2 Å². The van der Waals surface area contributed by atoms with Crippen LogP contribution in [-0.2, 0) is 88.7 Å². The number of hydrogen-bond donors (Lipinski definition) is 0. The summed E-state index contributed by atoms with van der Waals surface area (Å²) >= 11 is 0. The molecule has 0 spiro atoms. The first-order valence-corrected chi connectivity index (χ1v) is 57.0. The van der Waals surface area contributed by atoms with Gasteiger partial charge in [0, 0.05) is 28.0 Å². The molecule has 1 heterocycles. The predicted molar refractivity (Wildman–Crippen MR) is 280 cm³/mol. The van der Waals surface area contributed by atoms with Gasteiger partial charge < -0.3 is 51.6 Å². The Morgan fingerprint density at radius 1 is 0.484 bits per heavy atom. The van der Waals surface area contributed by atoms with Crippen molar-refractivity contribution >= 4 is 115 Å². The van der Waals surface area contributed by atoms with Gasteiger partial charge in [-0.3, -0.25) is 27.0 Å². The second kappa shape index (κ2) is 25.8. The summed E-state index contributed by atoms with van der Waals surface area (Å²) in [4.78, 5) is 0. The standard InChI is InChI=1S/C9H26O6P2Si2.C8H23O6PSSi2.C8H23O4PSi2.C5H15O4PSi2/c1-12-16(10,13-2)9-17(11,14-18(3,4)5)15-19(6,7)8;1-16(10,11)12-8-15(9,13-17(2,3)4)14-18(5,6)7;1-10-8-13(9,11-14(2,3)4)12-15(5,6)7;1-10(6)7-11(2,3)9-12(4,5)8-10/h9H2,1-8H3;8H2,1-7H3;8H2,1-7H3;1-5H3. The maximum atomic E-state index is 12.9. The number of hydrogen-bond acceptors (Lipinski definition) is 20. The highest BCUT2D eigenvalue weighted by molar-refractivity contribution is 7.86. The lowest BCUT2D eigenvalue weighted by Crippen LogP contribution is -2.51. The molecule has 0 amide bonds. The largest absolute Gasteiger partial charge is 0.414 e. The molecule has 1 aliphatic rings. The lowest BCUT2D eigenvalue weighted by Gasteiger charge is -2.40. The second-order valence-electron chi connectivity index (χ2n) is 21.4. The third kappa shape index (κ3) is 41.0. The Labute approximate surface area is 396 Å². The fourth-order valence-corrected chi connectivity index (χ4v) is 45.7. The molecule has 1 saturated heterocycles. The van der Waals surface area contributed by atoms with Gasteiger partial charge in [0.2, 0.25) is 0 Å². The maximum absolute atomic E-state index is 12.9. The van der Waals surface area contributed by atoms with Crippen molar-refractivity contribution in [3.8, 4) is 0 Å². The van der Waals surface area contributed by atoms with Crippen LogP contribution in [0.4, 0.5) is 0 Å². The van der Waals surface area contributed by atoms with Gasteiger partial charge in [0.15, 0.2) is 62.2 Å². The topological polar surface area (TPSA) is 239 Å². The van der Waals surface area contributed by atoms with Gasteiger partial charge in [0.25, 0.3) is 10.1 Å². The third-order valence-electron chi connectivity index (χ3n) is 5.36. The zero-order chi connectivity index (χ0) is 52.3. The molecular weight excluding hydrogens is 1090 g/mol. The summed E-state index contributed by atoms with van der Waals surface area (Å²) in [7, 11) is -32.6. The van der Waals surface area contributed by atoms with Crippen LogP contribution in [-0.4, -0.2) is 128 Å². The molecule has 1 fully saturated rings. The Bertz CT molecular complexity index is 1710. The van der Waals surface area contributed by atoms with E-state index >= 15 is 0 Å². The van der Waals surface area contributed by atoms with Gasteiger partial charge in [-0.05, 0) is 144 Å². The first-order chi connectivity index (χ1) is 27.5. The normalized spacial score (nSPS) is 17.8. The van der Waals surface area contributed by atoms with Crippen LogP contribution >= 0.6 is 38.0 Å². The molecule has 0 aromatic rings. The maximum Gasteiger partial charge on any atom is 0.342 e. The molecule has 34 heteroatoms. The summed E-state index contributed by atoms with van der Waals surface area (Å²) in [6, 6.07) is 0. The van der Waals surface area contributed by atoms with Gasteiger partial charge in [-0.1, -0.05) is 0 Å². The average molecular weight is 1180 g/mol. The number of rotatable bonds is 21. The minimum atomic E-state index is -3.67. The molecule has 0 N–H and O–H groups in total. The van der Waals surface area contributed by atoms with E-state index in [0.717, 1.165) is 6.26 Å². The van der Waals surface area contributed by atoms with Crippen molar-refractivity contribution in [3.05, 3.63) is 0 Å². The molecule has 0 atom stereocenters. The summed E-state index contributed by atoms with van der Waals surface area (Å²) in [6.45, 7) is 43.5. The van der Waals surface area contributed by atoms with E-state index in [2.05, 4.69) is 4.18 Å². The molecular formula is C30H87O20P5SSi8. The SMILES string of the molecule is COCP(=O)(O[Si](C)(C)C)O[Si](C)(C)C.COP(=O)(CP(=O)(O[Si](C)(C)C)O[Si](C)(C)C)OC.C[Si](C)(C)OP(=O)(COS(C)(=O)=O)O[Si](C)(C)C.C[Si]1(C)O[Si](C)(C)OP(C)(=O)O1. The monoisotopic (exact) mass is 1180 g/mol. The molecule has 0 saturated carbocycles. The lowest BCUT2D eigenvalue weighted by atomic mass is 11.5. The molecule has 0 radical (unpaired) electrons. The summed E-state index contributed by atoms with van der Waals surface area (Å²) in [5, 5.41) is 0. The molecule has 64 heavy (non-hydrogen) atoms. The van der Waals surface area contributed by atoms with Gasteiger partial charge in [0.05, 0.1) is 6.26 Å². The molecule has 0 aliphatic carbocycles. The quantitative estimate of drug-likeness (QED) is 0.0589. The van der Waals surface area contributed by atoms with Crippen LogP contribution in [0.25, 0.3) is 0 Å². The first-order valence-electron chi connectivity index (χ1n) is 20.2. The van der Waals surface area contributed by atoms with Crippen LogP contribution in [0.2, 0.25) is 144 Å². The molecule has 0 bridgehead atoms. The van der Waals surface area contributed by atoms with Crippen LogP contribution in [0.5, 0.6) is 0 Å². The summed E-state index contributed by atoms with van der Waals surface area (Å²) in [6.07, 6.45) is 0.391. The highest BCUT2D eigenvalue weighted by Crippen LogP contribution is 2.65. The highest BCUT2D eigenvalue weighted by Gasteiger charge is 2.49. The fourth-order valence-electron chi connectivity index (χ4n) is 4.89. The van der Waals surface area contributed by atoms with Crippen LogP contribution in [0, 0.1) is 0 Å². The Hall–Kier alpha value is 2.32. The molecule has 390 valence electrons. The van der Waals surface area contributed by atoms with Gasteiger partial charge in [-0.2, -0.15) is 8.42 Å². The Morgan fingerprint density at radius 2 is 0.734 bits per heavy atom. The first kappa shape index (κ1) is 70.6. The smallest absolute Gasteiger partial charge is 0.342 e. The van der Waals surface area contributed by atoms with Crippen molar-refractivity contribution in [1.29, 1.82) is 0 Å². The van der Waals surface area contributed by atoms with E-state index in [1.165, 1.54) is 28.0 Å². The molecule has 1 rings (SSSR count). The average Bonchev–Trinajstić information content (AvgIpc) is 2.87. The predicted octanol–water partition coefficient (Wildman–Crippen LogP) is 12.9. The van der Waals surface area contributed by atoms with Gasteiger partial charge in [0.1, 0.15) is 6.35 Å². The van der Waals surface area contributed by atoms with Crippen molar-refractivity contribution < 1.29 is 87.0 Å². The lowest BCUT2D eigenvalue weighted by molar-refractivity contribution is 0.221. The Morgan fingerprint density at radius 3 is 0.938 bits per heavy atom. The zero-order valence-electron chi connectivity index (χ0n) is 43.9. The highest BCUT2D eigenvalue weighted by atomic mass is 32.2. The van der Waals surface area contributed by atoms with Gasteiger partial charge in [-0.25, -0.2) is 0 Å². The van der Waals surface area contributed by atoms with Crippen LogP contribution < -0.4 is 0 Å². The van der Waals surface area contributed by atoms with E-state index in [1.807, 2.05) is 144 Å². The van der Waals surface area contributed by atoms with Crippen molar-refractivity contribution in [2.24, 2.45) is 0 Å². The van der Waals surface area contributed by atoms with E-state index < -0.39 is 121 Å². The van der Waals surface area contributed by atoms with E-state index in [0.29, 0.717) is 0 Å². The second-order valence-corrected chi connectivity index (χ2v) is 69.5. The van der Waals surface area contributed by atoms with E-state index in [1.54, 1.807) is 0 Å². The molecule has 0 unspecified atom stereocenters. The fraction of sp³-hybridized carbons (Fsp3) is 1.00. The number of methoxy groups -OCH3 is 1. The molecule has 0 aromatic carbocycles. The Kier molecular flexibility index (Phi) is 28.5. The van der Waals surface area contributed by atoms with E-state index in [4.69, 9.17) is 51.6 Å². The summed E-state index contributed by atoms with van der Waals surface area (Å²) in [5.41, 5.74) is 0. The summed E-state index contributed by atoms with van der Waals surface area (Å²) in [5.74, 6) is -0.346. The van der Waals surface area contributed by atoms with Crippen molar-refractivity contribution in [3.63, 3.8) is 0 Å². The van der Waals surface area contributed by atoms with Gasteiger partial charge in [-0.15, -0.1) is 0 Å². The van der Waals surface area contributed by atoms with Gasteiger partial charge >= 0.3 is 55.1 Å². The Balaban J connectivity index is -0.000000784. The minimum absolute atomic E-state index is 0.0432. The van der Waals surface area contributed by atoms with Crippen LogP contribution in [0.15, 0.2) is 0 Å². The zero-order valence-corrected chi connectivity index (χ0v) is 57.2. The van der Waals surface area contributed by atoms with Crippen LogP contribution in [0.3, 0.4) is 0 Å². The minimum Gasteiger partial charge on any atom is -0.414 e. The summed E-state index contributed by atoms with van der Waals surface area (Å²) < 4.78 is 153.